The Bertz CT molecular complexity index is 1420. The zero-order valence-electron chi connectivity index (χ0n) is 17.2. The molecular formula is C24H17FN6O2. The lowest BCUT2D eigenvalue weighted by atomic mass is 10.1. The minimum atomic E-state index is -0.367. The summed E-state index contributed by atoms with van der Waals surface area (Å²) in [6, 6.07) is 22.0. The van der Waals surface area contributed by atoms with Gasteiger partial charge < -0.3 is 10.1 Å². The number of hydrogen-bond donors (Lipinski definition) is 1. The van der Waals surface area contributed by atoms with Crippen LogP contribution in [0.15, 0.2) is 85.1 Å². The number of carbonyl (C=O) groups is 1. The fourth-order valence-corrected chi connectivity index (χ4v) is 3.23. The van der Waals surface area contributed by atoms with Crippen LogP contribution in [0.5, 0.6) is 5.75 Å². The maximum atomic E-state index is 13.0. The van der Waals surface area contributed by atoms with Crippen molar-refractivity contribution in [2.45, 2.75) is 0 Å². The molecule has 3 heterocycles. The predicted octanol–water partition coefficient (Wildman–Crippen LogP) is 4.01. The first-order valence-electron chi connectivity index (χ1n) is 10.1. The molecule has 0 fully saturated rings. The maximum absolute atomic E-state index is 13.0. The van der Waals surface area contributed by atoms with E-state index in [0.717, 1.165) is 5.56 Å². The monoisotopic (exact) mass is 440 g/mol. The highest BCUT2D eigenvalue weighted by atomic mass is 19.1. The molecule has 9 heteroatoms. The van der Waals surface area contributed by atoms with Gasteiger partial charge in [0.1, 0.15) is 17.3 Å². The average Bonchev–Trinajstić information content (AvgIpc) is 3.28. The van der Waals surface area contributed by atoms with Crippen LogP contribution in [0, 0.1) is 5.82 Å². The van der Waals surface area contributed by atoms with E-state index >= 15 is 0 Å². The van der Waals surface area contributed by atoms with Crippen LogP contribution in [0.1, 0.15) is 0 Å². The smallest absolute Gasteiger partial charge is 0.262 e. The molecule has 0 spiro atoms. The van der Waals surface area contributed by atoms with Crippen LogP contribution in [0.3, 0.4) is 0 Å². The van der Waals surface area contributed by atoms with E-state index in [4.69, 9.17) is 4.74 Å². The number of nitrogens with one attached hydrogen (secondary N) is 1. The molecule has 0 unspecified atom stereocenters. The fourth-order valence-electron chi connectivity index (χ4n) is 3.23. The highest BCUT2D eigenvalue weighted by molar-refractivity contribution is 5.92. The number of pyridine rings is 1. The summed E-state index contributed by atoms with van der Waals surface area (Å²) in [6.07, 6.45) is 1.69. The van der Waals surface area contributed by atoms with Crippen LogP contribution < -0.4 is 10.1 Å². The van der Waals surface area contributed by atoms with Crippen LogP contribution >= 0.6 is 0 Å². The zero-order chi connectivity index (χ0) is 22.6. The van der Waals surface area contributed by atoms with Crippen molar-refractivity contribution in [3.05, 3.63) is 90.9 Å². The lowest BCUT2D eigenvalue weighted by Gasteiger charge is -2.09. The van der Waals surface area contributed by atoms with E-state index in [0.29, 0.717) is 34.3 Å². The van der Waals surface area contributed by atoms with Crippen molar-refractivity contribution in [3.63, 3.8) is 0 Å². The minimum Gasteiger partial charge on any atom is -0.484 e. The quantitative estimate of drug-likeness (QED) is 0.429. The lowest BCUT2D eigenvalue weighted by molar-refractivity contribution is -0.118. The molecule has 1 amide bonds. The second kappa shape index (κ2) is 8.83. The lowest BCUT2D eigenvalue weighted by Crippen LogP contribution is -2.20. The van der Waals surface area contributed by atoms with Crippen molar-refractivity contribution in [1.29, 1.82) is 0 Å². The third kappa shape index (κ3) is 4.52. The molecule has 0 bridgehead atoms. The Balaban J connectivity index is 1.34. The van der Waals surface area contributed by atoms with Gasteiger partial charge in [0.05, 0.1) is 5.69 Å². The Kier molecular flexibility index (Phi) is 5.42. The highest BCUT2D eigenvalue weighted by Gasteiger charge is 2.12. The molecule has 5 aromatic rings. The number of rotatable bonds is 6. The molecule has 0 aliphatic heterocycles. The molecule has 0 saturated carbocycles. The number of ether oxygens (including phenoxy) is 1. The SMILES string of the molecule is O=C(COc1ccc(F)cc1)Nc1cccc(-c2ccc3nnc(-c4ccccn4)n3n2)c1. The fraction of sp³-hybridized carbons (Fsp3) is 0.0417. The maximum Gasteiger partial charge on any atom is 0.262 e. The van der Waals surface area contributed by atoms with Crippen LogP contribution in [0.4, 0.5) is 10.1 Å². The average molecular weight is 440 g/mol. The number of fused-ring (bicyclic) bond motifs is 1. The minimum absolute atomic E-state index is 0.200. The second-order valence-corrected chi connectivity index (χ2v) is 7.10. The number of aromatic nitrogens is 5. The normalized spacial score (nSPS) is 10.8. The van der Waals surface area contributed by atoms with Gasteiger partial charge in [-0.1, -0.05) is 18.2 Å². The molecular weight excluding hydrogens is 423 g/mol. The van der Waals surface area contributed by atoms with Crippen molar-refractivity contribution >= 4 is 17.2 Å². The Hall–Kier alpha value is -4.66. The third-order valence-electron chi connectivity index (χ3n) is 4.78. The largest absolute Gasteiger partial charge is 0.484 e. The van der Waals surface area contributed by atoms with E-state index in [1.54, 1.807) is 16.8 Å². The summed E-state index contributed by atoms with van der Waals surface area (Å²) in [7, 11) is 0. The van der Waals surface area contributed by atoms with E-state index in [1.165, 1.54) is 24.3 Å². The van der Waals surface area contributed by atoms with Gasteiger partial charge in [0.15, 0.2) is 12.3 Å². The van der Waals surface area contributed by atoms with E-state index in [-0.39, 0.29) is 18.3 Å². The van der Waals surface area contributed by atoms with Gasteiger partial charge in [0.25, 0.3) is 5.91 Å². The van der Waals surface area contributed by atoms with Crippen molar-refractivity contribution in [2.75, 3.05) is 11.9 Å². The standard InChI is InChI=1S/C24H17FN6O2/c25-17-7-9-19(10-8-17)33-15-23(32)27-18-5-3-4-16(14-18)20-11-12-22-28-29-24(31(22)30-20)21-6-1-2-13-26-21/h1-14H,15H2,(H,27,32). The molecule has 0 saturated heterocycles. The predicted molar refractivity (Wildman–Crippen MR) is 120 cm³/mol. The zero-order valence-corrected chi connectivity index (χ0v) is 17.2. The Morgan fingerprint density at radius 2 is 1.82 bits per heavy atom. The summed E-state index contributed by atoms with van der Waals surface area (Å²) in [5.41, 5.74) is 3.34. The van der Waals surface area contributed by atoms with E-state index < -0.39 is 0 Å². The van der Waals surface area contributed by atoms with Crippen molar-refractivity contribution in [2.24, 2.45) is 0 Å². The van der Waals surface area contributed by atoms with Crippen molar-refractivity contribution < 1.29 is 13.9 Å². The number of amides is 1. The number of hydrogen-bond acceptors (Lipinski definition) is 6. The van der Waals surface area contributed by atoms with Gasteiger partial charge in [-0.25, -0.2) is 4.39 Å². The number of carbonyl (C=O) groups excluding carboxylic acids is 1. The number of benzene rings is 2. The van der Waals surface area contributed by atoms with E-state index in [9.17, 15) is 9.18 Å². The molecule has 0 aliphatic carbocycles. The highest BCUT2D eigenvalue weighted by Crippen LogP contribution is 2.23. The molecule has 0 radical (unpaired) electrons. The number of anilines is 1. The number of halogens is 1. The molecule has 3 aromatic heterocycles. The molecule has 33 heavy (non-hydrogen) atoms. The summed E-state index contributed by atoms with van der Waals surface area (Å²) in [5, 5.41) is 15.8. The van der Waals surface area contributed by atoms with Crippen LogP contribution in [0.25, 0.3) is 28.4 Å². The summed E-state index contributed by atoms with van der Waals surface area (Å²) in [5.74, 6) is 0.246. The first-order chi connectivity index (χ1) is 16.2. The van der Waals surface area contributed by atoms with Gasteiger partial charge in [0, 0.05) is 17.4 Å². The van der Waals surface area contributed by atoms with Crippen LogP contribution in [0.2, 0.25) is 0 Å². The molecule has 0 aliphatic rings. The molecule has 1 N–H and O–H groups in total. The van der Waals surface area contributed by atoms with Crippen molar-refractivity contribution in [1.82, 2.24) is 24.8 Å². The van der Waals surface area contributed by atoms with Gasteiger partial charge in [-0.15, -0.1) is 10.2 Å². The van der Waals surface area contributed by atoms with E-state index in [1.807, 2.05) is 48.5 Å². The number of nitrogens with zero attached hydrogens (tertiary/aromatic N) is 5. The summed E-state index contributed by atoms with van der Waals surface area (Å²) < 4.78 is 20.0. The van der Waals surface area contributed by atoms with E-state index in [2.05, 4.69) is 25.6 Å². The van der Waals surface area contributed by atoms with Gasteiger partial charge >= 0.3 is 0 Å². The molecule has 8 nitrogen and oxygen atoms in total. The summed E-state index contributed by atoms with van der Waals surface area (Å²) in [4.78, 5) is 16.6. The Morgan fingerprint density at radius 1 is 0.939 bits per heavy atom. The summed E-state index contributed by atoms with van der Waals surface area (Å²) in [6.45, 7) is -0.200. The first kappa shape index (κ1) is 20.3. The Labute approximate surface area is 187 Å². The van der Waals surface area contributed by atoms with Gasteiger partial charge in [-0.2, -0.15) is 9.61 Å². The topological polar surface area (TPSA) is 94.3 Å². The molecule has 5 rings (SSSR count). The Morgan fingerprint density at radius 3 is 2.64 bits per heavy atom. The molecule has 0 atom stereocenters. The molecule has 162 valence electrons. The van der Waals surface area contributed by atoms with Crippen LogP contribution in [-0.2, 0) is 4.79 Å². The molecule has 2 aromatic carbocycles. The van der Waals surface area contributed by atoms with Crippen LogP contribution in [-0.4, -0.2) is 37.3 Å². The summed E-state index contributed by atoms with van der Waals surface area (Å²) >= 11 is 0. The van der Waals surface area contributed by atoms with Crippen molar-refractivity contribution in [3.8, 4) is 28.5 Å². The first-order valence-corrected chi connectivity index (χ1v) is 10.1. The van der Waals surface area contributed by atoms with Gasteiger partial charge in [0.2, 0.25) is 5.82 Å². The second-order valence-electron chi connectivity index (χ2n) is 7.10. The van der Waals surface area contributed by atoms with Gasteiger partial charge in [-0.05, 0) is 60.7 Å². The third-order valence-corrected chi connectivity index (χ3v) is 4.78. The van der Waals surface area contributed by atoms with Gasteiger partial charge in [-0.3, -0.25) is 9.78 Å².